The molecule has 2 aromatic carbocycles. The summed E-state index contributed by atoms with van der Waals surface area (Å²) in [6.07, 6.45) is 0.118. The minimum atomic E-state index is -0.601. The Morgan fingerprint density at radius 2 is 1.96 bits per heavy atom. The van der Waals surface area contributed by atoms with Crippen molar-refractivity contribution in [1.82, 2.24) is 10.1 Å². The fourth-order valence-corrected chi connectivity index (χ4v) is 3.76. The van der Waals surface area contributed by atoms with Crippen LogP contribution in [0.25, 0.3) is 10.8 Å². The summed E-state index contributed by atoms with van der Waals surface area (Å²) in [5.41, 5.74) is 1.89. The molecule has 1 N–H and O–H groups in total. The number of likely N-dealkylation sites (tertiary alicyclic amines) is 1. The predicted molar refractivity (Wildman–Crippen MR) is 104 cm³/mol. The fourth-order valence-electron chi connectivity index (χ4n) is 3.76. The Hall–Kier alpha value is -2.66. The van der Waals surface area contributed by atoms with Crippen LogP contribution in [-0.2, 0) is 0 Å². The maximum Gasteiger partial charge on any atom is 0.292 e. The lowest BCUT2D eigenvalue weighted by molar-refractivity contribution is 0.0354. The van der Waals surface area contributed by atoms with Crippen molar-refractivity contribution in [2.75, 3.05) is 13.1 Å². The summed E-state index contributed by atoms with van der Waals surface area (Å²) in [4.78, 5) is 14.3. The summed E-state index contributed by atoms with van der Waals surface area (Å²) in [6.45, 7) is 4.90. The number of hydrogen-bond donors (Lipinski definition) is 1. The zero-order valence-corrected chi connectivity index (χ0v) is 15.6. The Balaban J connectivity index is 1.48. The molecule has 3 aromatic rings. The summed E-state index contributed by atoms with van der Waals surface area (Å²) in [7, 11) is 0. The molecule has 1 amide bonds. The summed E-state index contributed by atoms with van der Waals surface area (Å²) in [5, 5.41) is 17.0. The zero-order chi connectivity index (χ0) is 19.0. The molecule has 1 aliphatic heterocycles. The van der Waals surface area contributed by atoms with Crippen LogP contribution < -0.4 is 0 Å². The van der Waals surface area contributed by atoms with Crippen molar-refractivity contribution in [1.29, 1.82) is 0 Å². The second-order valence-electron chi connectivity index (χ2n) is 7.59. The van der Waals surface area contributed by atoms with Crippen LogP contribution in [0.1, 0.15) is 53.9 Å². The van der Waals surface area contributed by atoms with Gasteiger partial charge in [0.2, 0.25) is 5.76 Å². The summed E-state index contributed by atoms with van der Waals surface area (Å²) in [6, 6.07) is 16.2. The highest BCUT2D eigenvalue weighted by Gasteiger charge is 2.33. The maximum absolute atomic E-state index is 12.7. The fraction of sp³-hybridized carbons (Fsp3) is 0.364. The largest absolute Gasteiger partial charge is 0.391 e. The van der Waals surface area contributed by atoms with E-state index < -0.39 is 6.10 Å². The van der Waals surface area contributed by atoms with Gasteiger partial charge in [-0.3, -0.25) is 4.79 Å². The summed E-state index contributed by atoms with van der Waals surface area (Å²) >= 11 is 0. The third-order valence-electron chi connectivity index (χ3n) is 5.40. The quantitative estimate of drug-likeness (QED) is 0.764. The first-order valence-electron chi connectivity index (χ1n) is 9.45. The molecule has 0 aliphatic carbocycles. The van der Waals surface area contributed by atoms with E-state index in [9.17, 15) is 9.90 Å². The van der Waals surface area contributed by atoms with Crippen LogP contribution in [0.3, 0.4) is 0 Å². The Kier molecular flexibility index (Phi) is 4.70. The molecule has 0 saturated carbocycles. The molecule has 2 atom stereocenters. The first-order chi connectivity index (χ1) is 13.0. The number of fused-ring (bicyclic) bond motifs is 1. The standard InChI is InChI=1S/C22H24N2O3/c1-14(2)19-12-21(27-23-19)22(26)24-10-9-18(20(25)13-24)17-8-7-15-5-3-4-6-16(15)11-17/h3-8,11-12,14,18,20,25H,9-10,13H2,1-2H3/t18-,20+/m0/s1. The van der Waals surface area contributed by atoms with Crippen molar-refractivity contribution in [2.24, 2.45) is 0 Å². The van der Waals surface area contributed by atoms with E-state index >= 15 is 0 Å². The lowest BCUT2D eigenvalue weighted by Crippen LogP contribution is -2.45. The number of piperidine rings is 1. The smallest absolute Gasteiger partial charge is 0.292 e. The van der Waals surface area contributed by atoms with E-state index in [1.165, 1.54) is 10.8 Å². The van der Waals surface area contributed by atoms with E-state index in [0.29, 0.717) is 13.1 Å². The van der Waals surface area contributed by atoms with Gasteiger partial charge in [-0.25, -0.2) is 0 Å². The van der Waals surface area contributed by atoms with E-state index in [-0.39, 0.29) is 23.5 Å². The molecule has 0 radical (unpaired) electrons. The number of amides is 1. The lowest BCUT2D eigenvalue weighted by Gasteiger charge is -2.35. The number of hydrogen-bond acceptors (Lipinski definition) is 4. The number of aromatic nitrogens is 1. The van der Waals surface area contributed by atoms with Crippen molar-refractivity contribution in [3.05, 3.63) is 65.5 Å². The average molecular weight is 364 g/mol. The third-order valence-corrected chi connectivity index (χ3v) is 5.40. The summed E-state index contributed by atoms with van der Waals surface area (Å²) < 4.78 is 5.21. The van der Waals surface area contributed by atoms with Crippen LogP contribution in [0.2, 0.25) is 0 Å². The highest BCUT2D eigenvalue weighted by Crippen LogP contribution is 2.31. The zero-order valence-electron chi connectivity index (χ0n) is 15.6. The maximum atomic E-state index is 12.7. The molecule has 1 aliphatic rings. The molecule has 1 saturated heterocycles. The van der Waals surface area contributed by atoms with E-state index in [2.05, 4.69) is 35.5 Å². The third kappa shape index (κ3) is 3.47. The van der Waals surface area contributed by atoms with Gasteiger partial charge in [0.05, 0.1) is 11.8 Å². The minimum absolute atomic E-state index is 0.0274. The minimum Gasteiger partial charge on any atom is -0.391 e. The number of rotatable bonds is 3. The first kappa shape index (κ1) is 17.7. The Labute approximate surface area is 158 Å². The predicted octanol–water partition coefficient (Wildman–Crippen LogP) is 3.94. The van der Waals surface area contributed by atoms with E-state index in [4.69, 9.17) is 4.52 Å². The number of aliphatic hydroxyl groups excluding tert-OH is 1. The molecule has 5 heteroatoms. The van der Waals surface area contributed by atoms with Gasteiger partial charge >= 0.3 is 0 Å². The molecule has 0 spiro atoms. The summed E-state index contributed by atoms with van der Waals surface area (Å²) in [5.74, 6) is 0.277. The van der Waals surface area contributed by atoms with Gasteiger partial charge in [0.25, 0.3) is 5.91 Å². The van der Waals surface area contributed by atoms with Crippen molar-refractivity contribution < 1.29 is 14.4 Å². The van der Waals surface area contributed by atoms with Crippen molar-refractivity contribution in [2.45, 2.75) is 38.2 Å². The van der Waals surface area contributed by atoms with Gasteiger partial charge in [-0.05, 0) is 28.7 Å². The molecule has 27 heavy (non-hydrogen) atoms. The van der Waals surface area contributed by atoms with Crippen LogP contribution in [0.15, 0.2) is 53.1 Å². The topological polar surface area (TPSA) is 66.6 Å². The molecule has 4 rings (SSSR count). The molecule has 1 aromatic heterocycles. The van der Waals surface area contributed by atoms with Gasteiger partial charge in [0.1, 0.15) is 0 Å². The van der Waals surface area contributed by atoms with Crippen LogP contribution in [-0.4, -0.2) is 40.3 Å². The Morgan fingerprint density at radius 1 is 1.19 bits per heavy atom. The van der Waals surface area contributed by atoms with Crippen LogP contribution >= 0.6 is 0 Å². The molecule has 2 heterocycles. The van der Waals surface area contributed by atoms with E-state index in [1.54, 1.807) is 11.0 Å². The number of carbonyl (C=O) groups is 1. The van der Waals surface area contributed by atoms with Crippen molar-refractivity contribution >= 4 is 16.7 Å². The normalized spacial score (nSPS) is 20.4. The van der Waals surface area contributed by atoms with Crippen molar-refractivity contribution in [3.63, 3.8) is 0 Å². The van der Waals surface area contributed by atoms with E-state index in [1.807, 2.05) is 26.0 Å². The van der Waals surface area contributed by atoms with Gasteiger partial charge < -0.3 is 14.5 Å². The highest BCUT2D eigenvalue weighted by molar-refractivity contribution is 5.91. The number of aliphatic hydroxyl groups is 1. The Bertz CT molecular complexity index is 963. The molecule has 5 nitrogen and oxygen atoms in total. The van der Waals surface area contributed by atoms with Crippen LogP contribution in [0.4, 0.5) is 0 Å². The molecule has 140 valence electrons. The lowest BCUT2D eigenvalue weighted by atomic mass is 9.86. The number of carbonyl (C=O) groups excluding carboxylic acids is 1. The first-order valence-corrected chi connectivity index (χ1v) is 9.45. The molecule has 0 bridgehead atoms. The van der Waals surface area contributed by atoms with E-state index in [0.717, 1.165) is 17.7 Å². The van der Waals surface area contributed by atoms with Gasteiger partial charge in [-0.15, -0.1) is 0 Å². The van der Waals surface area contributed by atoms with Gasteiger partial charge in [0.15, 0.2) is 0 Å². The van der Waals surface area contributed by atoms with Crippen molar-refractivity contribution in [3.8, 4) is 0 Å². The molecule has 0 unspecified atom stereocenters. The Morgan fingerprint density at radius 3 is 2.67 bits per heavy atom. The SMILES string of the molecule is CC(C)c1cc(C(=O)N2CC[C@@H](c3ccc4ccccc4c3)[C@H](O)C2)on1. The monoisotopic (exact) mass is 364 g/mol. The number of β-amino-alcohol motifs (C(OH)–C–C–N with tert-alkyl or cyclic N) is 1. The van der Waals surface area contributed by atoms with Gasteiger partial charge in [-0.1, -0.05) is 61.5 Å². The van der Waals surface area contributed by atoms with Crippen LogP contribution in [0, 0.1) is 0 Å². The average Bonchev–Trinajstić information content (AvgIpc) is 3.17. The molecule has 1 fully saturated rings. The molecular formula is C22H24N2O3. The van der Waals surface area contributed by atoms with Gasteiger partial charge in [-0.2, -0.15) is 0 Å². The number of benzene rings is 2. The molecular weight excluding hydrogens is 340 g/mol. The van der Waals surface area contributed by atoms with Crippen LogP contribution in [0.5, 0.6) is 0 Å². The van der Waals surface area contributed by atoms with Gasteiger partial charge in [0, 0.05) is 25.1 Å². The highest BCUT2D eigenvalue weighted by atomic mass is 16.5. The second-order valence-corrected chi connectivity index (χ2v) is 7.59. The second kappa shape index (κ2) is 7.16. The number of nitrogens with zero attached hydrogens (tertiary/aromatic N) is 2.